The van der Waals surface area contributed by atoms with Crippen LogP contribution in [0.15, 0.2) is 54.6 Å². The van der Waals surface area contributed by atoms with Gasteiger partial charge >= 0.3 is 0 Å². The van der Waals surface area contributed by atoms with Gasteiger partial charge in [-0.2, -0.15) is 0 Å². The lowest BCUT2D eigenvalue weighted by molar-refractivity contribution is -0.131. The highest BCUT2D eigenvalue weighted by molar-refractivity contribution is 6.11. The molecule has 0 N–H and O–H groups in total. The second-order valence-electron chi connectivity index (χ2n) is 5.26. The van der Waals surface area contributed by atoms with Crippen LogP contribution in [0.5, 0.6) is 0 Å². The number of carbonyl (C=O) groups is 2. The van der Waals surface area contributed by atoms with Gasteiger partial charge in [0.2, 0.25) is 5.91 Å². The van der Waals surface area contributed by atoms with Crippen molar-refractivity contribution in [3.05, 3.63) is 71.3 Å². The molecule has 0 fully saturated rings. The molecule has 0 spiro atoms. The van der Waals surface area contributed by atoms with Gasteiger partial charge in [0.05, 0.1) is 12.5 Å². The molecule has 1 unspecified atom stereocenters. The summed E-state index contributed by atoms with van der Waals surface area (Å²) in [7, 11) is 0. The number of carbonyl (C=O) groups excluding carboxylic acids is 2. The zero-order chi connectivity index (χ0) is 14.8. The van der Waals surface area contributed by atoms with Crippen molar-refractivity contribution in [3.63, 3.8) is 0 Å². The standard InChI is InChI=1S/C18H17NO2/c1-2-14-15-10-6-7-11-16(15)18(21)19(17(14)20)12-13-8-4-3-5-9-13/h3-11,14H,2,12H2,1H3. The van der Waals surface area contributed by atoms with Gasteiger partial charge in [0, 0.05) is 5.56 Å². The second kappa shape index (κ2) is 5.52. The summed E-state index contributed by atoms with van der Waals surface area (Å²) in [5, 5.41) is 0. The first-order valence-corrected chi connectivity index (χ1v) is 7.21. The molecule has 0 saturated carbocycles. The lowest BCUT2D eigenvalue weighted by Gasteiger charge is -2.32. The highest BCUT2D eigenvalue weighted by atomic mass is 16.2. The quantitative estimate of drug-likeness (QED) is 0.808. The van der Waals surface area contributed by atoms with Crippen molar-refractivity contribution >= 4 is 11.8 Å². The normalized spacial score (nSPS) is 17.8. The van der Waals surface area contributed by atoms with E-state index in [9.17, 15) is 9.59 Å². The minimum Gasteiger partial charge on any atom is -0.274 e. The van der Waals surface area contributed by atoms with Crippen LogP contribution in [0, 0.1) is 0 Å². The van der Waals surface area contributed by atoms with Crippen molar-refractivity contribution in [2.45, 2.75) is 25.8 Å². The predicted molar refractivity (Wildman–Crippen MR) is 80.8 cm³/mol. The van der Waals surface area contributed by atoms with E-state index in [1.54, 1.807) is 0 Å². The van der Waals surface area contributed by atoms with Crippen molar-refractivity contribution in [3.8, 4) is 0 Å². The lowest BCUT2D eigenvalue weighted by Crippen LogP contribution is -2.44. The summed E-state index contributed by atoms with van der Waals surface area (Å²) in [6, 6.07) is 17.1. The largest absolute Gasteiger partial charge is 0.274 e. The maximum Gasteiger partial charge on any atom is 0.261 e. The third kappa shape index (κ3) is 2.35. The first-order chi connectivity index (χ1) is 10.2. The van der Waals surface area contributed by atoms with Gasteiger partial charge in [-0.15, -0.1) is 0 Å². The van der Waals surface area contributed by atoms with Gasteiger partial charge in [0.25, 0.3) is 5.91 Å². The number of hydrogen-bond acceptors (Lipinski definition) is 2. The Morgan fingerprint density at radius 3 is 2.33 bits per heavy atom. The first-order valence-electron chi connectivity index (χ1n) is 7.21. The maximum atomic E-state index is 12.6. The van der Waals surface area contributed by atoms with Gasteiger partial charge in [-0.3, -0.25) is 14.5 Å². The first kappa shape index (κ1) is 13.6. The van der Waals surface area contributed by atoms with Crippen LogP contribution in [0.2, 0.25) is 0 Å². The number of rotatable bonds is 3. The molecular weight excluding hydrogens is 262 g/mol. The molecular formula is C18H17NO2. The van der Waals surface area contributed by atoms with Crippen LogP contribution in [0.1, 0.15) is 40.7 Å². The van der Waals surface area contributed by atoms with Gasteiger partial charge in [-0.1, -0.05) is 55.5 Å². The number of fused-ring (bicyclic) bond motifs is 1. The van der Waals surface area contributed by atoms with E-state index in [4.69, 9.17) is 0 Å². The van der Waals surface area contributed by atoms with Gasteiger partial charge in [0.1, 0.15) is 0 Å². The van der Waals surface area contributed by atoms with Gasteiger partial charge in [0.15, 0.2) is 0 Å². The molecule has 2 aromatic carbocycles. The average Bonchev–Trinajstić information content (AvgIpc) is 2.53. The topological polar surface area (TPSA) is 37.4 Å². The Kier molecular flexibility index (Phi) is 3.57. The summed E-state index contributed by atoms with van der Waals surface area (Å²) in [4.78, 5) is 26.6. The van der Waals surface area contributed by atoms with Crippen molar-refractivity contribution in [1.82, 2.24) is 4.90 Å². The van der Waals surface area contributed by atoms with E-state index in [0.29, 0.717) is 18.5 Å². The van der Waals surface area contributed by atoms with E-state index in [-0.39, 0.29) is 17.7 Å². The van der Waals surface area contributed by atoms with Crippen LogP contribution >= 0.6 is 0 Å². The number of nitrogens with zero attached hydrogens (tertiary/aromatic N) is 1. The third-order valence-electron chi connectivity index (χ3n) is 3.97. The Bertz CT molecular complexity index is 679. The monoisotopic (exact) mass is 279 g/mol. The van der Waals surface area contributed by atoms with Crippen LogP contribution in [0.3, 0.4) is 0 Å². The molecule has 1 atom stereocenters. The fraction of sp³-hybridized carbons (Fsp3) is 0.222. The Hall–Kier alpha value is -2.42. The van der Waals surface area contributed by atoms with Crippen molar-refractivity contribution < 1.29 is 9.59 Å². The molecule has 0 aliphatic carbocycles. The van der Waals surface area contributed by atoms with E-state index >= 15 is 0 Å². The molecule has 3 rings (SSSR count). The van der Waals surface area contributed by atoms with Crippen LogP contribution in [0.4, 0.5) is 0 Å². The second-order valence-corrected chi connectivity index (χ2v) is 5.26. The molecule has 0 saturated heterocycles. The van der Waals surface area contributed by atoms with E-state index < -0.39 is 0 Å². The Morgan fingerprint density at radius 1 is 0.952 bits per heavy atom. The molecule has 2 aromatic rings. The van der Waals surface area contributed by atoms with Crippen molar-refractivity contribution in [1.29, 1.82) is 0 Å². The van der Waals surface area contributed by atoms with E-state index in [0.717, 1.165) is 11.1 Å². The summed E-state index contributed by atoms with van der Waals surface area (Å²) >= 11 is 0. The average molecular weight is 279 g/mol. The van der Waals surface area contributed by atoms with Gasteiger partial charge in [-0.25, -0.2) is 0 Å². The minimum absolute atomic E-state index is 0.0925. The zero-order valence-electron chi connectivity index (χ0n) is 12.0. The summed E-state index contributed by atoms with van der Waals surface area (Å²) < 4.78 is 0. The Morgan fingerprint density at radius 2 is 1.62 bits per heavy atom. The third-order valence-corrected chi connectivity index (χ3v) is 3.97. The summed E-state index contributed by atoms with van der Waals surface area (Å²) in [6.07, 6.45) is 0.703. The molecule has 3 heteroatoms. The molecule has 0 bridgehead atoms. The summed E-state index contributed by atoms with van der Waals surface area (Å²) in [5.74, 6) is -0.503. The van der Waals surface area contributed by atoms with Crippen LogP contribution in [-0.2, 0) is 11.3 Å². The van der Waals surface area contributed by atoms with Crippen LogP contribution < -0.4 is 0 Å². The van der Waals surface area contributed by atoms with Crippen molar-refractivity contribution in [2.75, 3.05) is 0 Å². The molecule has 106 valence electrons. The fourth-order valence-electron chi connectivity index (χ4n) is 2.87. The highest BCUT2D eigenvalue weighted by Crippen LogP contribution is 2.32. The van der Waals surface area contributed by atoms with Crippen LogP contribution in [-0.4, -0.2) is 16.7 Å². The van der Waals surface area contributed by atoms with E-state index in [1.165, 1.54) is 4.90 Å². The summed E-state index contributed by atoms with van der Waals surface area (Å²) in [6.45, 7) is 2.32. The molecule has 0 radical (unpaired) electrons. The highest BCUT2D eigenvalue weighted by Gasteiger charge is 2.37. The molecule has 1 aliphatic heterocycles. The zero-order valence-corrected chi connectivity index (χ0v) is 12.0. The minimum atomic E-state index is -0.220. The molecule has 1 aliphatic rings. The smallest absolute Gasteiger partial charge is 0.261 e. The van der Waals surface area contributed by atoms with E-state index in [2.05, 4.69) is 0 Å². The SMILES string of the molecule is CCC1C(=O)N(Cc2ccccc2)C(=O)c2ccccc21. The van der Waals surface area contributed by atoms with Crippen LogP contribution in [0.25, 0.3) is 0 Å². The molecule has 3 nitrogen and oxygen atoms in total. The molecule has 1 heterocycles. The van der Waals surface area contributed by atoms with Crippen molar-refractivity contribution in [2.24, 2.45) is 0 Å². The number of imide groups is 1. The number of hydrogen-bond donors (Lipinski definition) is 0. The Labute approximate surface area is 124 Å². The molecule has 21 heavy (non-hydrogen) atoms. The fourth-order valence-corrected chi connectivity index (χ4v) is 2.87. The summed E-state index contributed by atoms with van der Waals surface area (Å²) in [5.41, 5.74) is 2.48. The predicted octanol–water partition coefficient (Wildman–Crippen LogP) is 3.36. The Balaban J connectivity index is 1.99. The number of benzene rings is 2. The maximum absolute atomic E-state index is 12.6. The molecule has 0 aromatic heterocycles. The molecule has 2 amide bonds. The van der Waals surface area contributed by atoms with E-state index in [1.807, 2.05) is 61.5 Å². The number of amides is 2. The van der Waals surface area contributed by atoms with Gasteiger partial charge < -0.3 is 0 Å². The lowest BCUT2D eigenvalue weighted by atomic mass is 9.86. The van der Waals surface area contributed by atoms with Gasteiger partial charge in [-0.05, 0) is 23.6 Å².